The summed E-state index contributed by atoms with van der Waals surface area (Å²) in [6.45, 7) is 3.96. The number of hydrogen-bond acceptors (Lipinski definition) is 8. The molecule has 0 bridgehead atoms. The van der Waals surface area contributed by atoms with E-state index < -0.39 is 34.1 Å². The van der Waals surface area contributed by atoms with Crippen LogP contribution in [0.1, 0.15) is 54.8 Å². The number of thiazole rings is 1. The summed E-state index contributed by atoms with van der Waals surface area (Å²) in [7, 11) is 0. The number of anilines is 1. The molecule has 0 spiro atoms. The quantitative estimate of drug-likeness (QED) is 0.160. The number of carbonyl (C=O) groups is 1. The van der Waals surface area contributed by atoms with Crippen LogP contribution in [-0.2, 0) is 21.9 Å². The van der Waals surface area contributed by atoms with Crippen molar-refractivity contribution in [3.05, 3.63) is 62.6 Å². The topological polar surface area (TPSA) is 101 Å². The van der Waals surface area contributed by atoms with Crippen molar-refractivity contribution in [1.29, 1.82) is 0 Å². The number of aromatic nitrogens is 1. The molecule has 1 saturated carbocycles. The molecule has 1 N–H and O–H groups in total. The van der Waals surface area contributed by atoms with Gasteiger partial charge in [0.05, 0.1) is 32.8 Å². The van der Waals surface area contributed by atoms with Crippen molar-refractivity contribution in [3.63, 3.8) is 0 Å². The molecule has 2 aromatic carbocycles. The van der Waals surface area contributed by atoms with Crippen molar-refractivity contribution >= 4 is 38.8 Å². The van der Waals surface area contributed by atoms with Crippen molar-refractivity contribution in [2.24, 2.45) is 0 Å². The van der Waals surface area contributed by atoms with E-state index in [1.54, 1.807) is 4.90 Å². The molecule has 244 valence electrons. The Labute approximate surface area is 258 Å². The Balaban J connectivity index is 1.05. The largest absolute Gasteiger partial charge is 0.423 e. The van der Waals surface area contributed by atoms with Crippen LogP contribution in [0.2, 0.25) is 0 Å². The number of ether oxygens (including phenoxy) is 1. The number of nitrogens with zero attached hydrogens (tertiary/aromatic N) is 4. The van der Waals surface area contributed by atoms with Crippen LogP contribution in [0.25, 0.3) is 10.2 Å². The van der Waals surface area contributed by atoms with Gasteiger partial charge in [0.25, 0.3) is 5.69 Å². The van der Waals surface area contributed by atoms with E-state index in [4.69, 9.17) is 4.74 Å². The van der Waals surface area contributed by atoms with Crippen molar-refractivity contribution in [1.82, 2.24) is 14.8 Å². The lowest BCUT2D eigenvalue weighted by molar-refractivity contribution is -0.388. The first-order chi connectivity index (χ1) is 21.2. The van der Waals surface area contributed by atoms with E-state index in [9.17, 15) is 41.3 Å². The van der Waals surface area contributed by atoms with Gasteiger partial charge in [-0.25, -0.2) is 4.98 Å². The van der Waals surface area contributed by atoms with E-state index in [2.05, 4.69) is 15.2 Å². The summed E-state index contributed by atoms with van der Waals surface area (Å²) in [5.41, 5.74) is -2.56. The van der Waals surface area contributed by atoms with E-state index in [-0.39, 0.29) is 36.4 Å². The molecule has 1 amide bonds. The molecule has 2 aliphatic rings. The minimum atomic E-state index is -4.85. The molecule has 9 nitrogen and oxygen atoms in total. The number of halogens is 6. The molecule has 2 heterocycles. The van der Waals surface area contributed by atoms with Gasteiger partial charge in [0.2, 0.25) is 5.91 Å². The minimum absolute atomic E-state index is 0.0883. The SMILES string of the molecule is CC(c1nc2cc(C(F)(F)F)ccc2s1)N1CCN(C(=O)COC2CCC(Nc3ccc([N+](=O)[O-])c(C(F)(F)F)c3)CC2)CC1. The molecule has 2 fully saturated rings. The Morgan fingerprint density at radius 3 is 2.36 bits per heavy atom. The van der Waals surface area contributed by atoms with Crippen LogP contribution in [0.5, 0.6) is 0 Å². The first kappa shape index (κ1) is 32.9. The summed E-state index contributed by atoms with van der Waals surface area (Å²) in [5, 5.41) is 14.7. The van der Waals surface area contributed by atoms with Gasteiger partial charge in [0.15, 0.2) is 0 Å². The fourth-order valence-electron chi connectivity index (χ4n) is 5.72. The van der Waals surface area contributed by atoms with Crippen molar-refractivity contribution in [2.75, 3.05) is 38.1 Å². The molecule has 1 aromatic heterocycles. The highest BCUT2D eigenvalue weighted by Crippen LogP contribution is 2.38. The highest BCUT2D eigenvalue weighted by Gasteiger charge is 2.39. The molecule has 0 radical (unpaired) electrons. The maximum absolute atomic E-state index is 13.3. The van der Waals surface area contributed by atoms with Crippen LogP contribution in [0.15, 0.2) is 36.4 Å². The van der Waals surface area contributed by atoms with Crippen LogP contribution in [0.3, 0.4) is 0 Å². The van der Waals surface area contributed by atoms with E-state index in [0.29, 0.717) is 67.1 Å². The lowest BCUT2D eigenvalue weighted by Gasteiger charge is -2.37. The van der Waals surface area contributed by atoms with Gasteiger partial charge in [-0.1, -0.05) is 0 Å². The third-order valence-corrected chi connectivity index (χ3v) is 9.50. The highest BCUT2D eigenvalue weighted by atomic mass is 32.1. The van der Waals surface area contributed by atoms with E-state index in [0.717, 1.165) is 24.3 Å². The zero-order valence-corrected chi connectivity index (χ0v) is 25.0. The van der Waals surface area contributed by atoms with Gasteiger partial charge in [-0.05, 0) is 62.9 Å². The van der Waals surface area contributed by atoms with Gasteiger partial charge in [0, 0.05) is 44.0 Å². The van der Waals surface area contributed by atoms with E-state index in [1.807, 2.05) is 6.92 Å². The van der Waals surface area contributed by atoms with Crippen LogP contribution >= 0.6 is 11.3 Å². The number of nitro benzene ring substituents is 1. The molecular weight excluding hydrogens is 628 g/mol. The molecule has 16 heteroatoms. The predicted molar refractivity (Wildman–Crippen MR) is 155 cm³/mol. The van der Waals surface area contributed by atoms with Gasteiger partial charge in [0.1, 0.15) is 17.2 Å². The molecule has 1 saturated heterocycles. The zero-order valence-electron chi connectivity index (χ0n) is 24.2. The van der Waals surface area contributed by atoms with Crippen molar-refractivity contribution < 1.29 is 40.8 Å². The molecule has 1 aliphatic carbocycles. The van der Waals surface area contributed by atoms with E-state index >= 15 is 0 Å². The number of nitrogens with one attached hydrogen (secondary N) is 1. The zero-order chi connectivity index (χ0) is 32.5. The second kappa shape index (κ2) is 13.1. The first-order valence-electron chi connectivity index (χ1n) is 14.4. The van der Waals surface area contributed by atoms with Gasteiger partial charge in [-0.3, -0.25) is 19.8 Å². The van der Waals surface area contributed by atoms with Crippen LogP contribution in [0.4, 0.5) is 37.7 Å². The Bertz CT molecular complexity index is 1530. The van der Waals surface area contributed by atoms with E-state index in [1.165, 1.54) is 23.5 Å². The number of amides is 1. The molecule has 1 unspecified atom stereocenters. The van der Waals surface area contributed by atoms with Crippen LogP contribution < -0.4 is 5.32 Å². The number of fused-ring (bicyclic) bond motifs is 1. The second-order valence-corrected chi connectivity index (χ2v) is 12.3. The summed E-state index contributed by atoms with van der Waals surface area (Å²) in [4.78, 5) is 31.1. The van der Waals surface area contributed by atoms with Gasteiger partial charge in [-0.15, -0.1) is 11.3 Å². The number of nitro groups is 1. The monoisotopic (exact) mass is 659 g/mol. The molecule has 1 aliphatic heterocycles. The molecule has 1 atom stereocenters. The molecular formula is C29H31F6N5O4S. The van der Waals surface area contributed by atoms with Gasteiger partial charge >= 0.3 is 12.4 Å². The number of alkyl halides is 6. The average molecular weight is 660 g/mol. The summed E-state index contributed by atoms with van der Waals surface area (Å²) < 4.78 is 85.6. The molecule has 45 heavy (non-hydrogen) atoms. The Morgan fingerprint density at radius 2 is 1.73 bits per heavy atom. The number of piperazine rings is 1. The Kier molecular flexibility index (Phi) is 9.56. The maximum Gasteiger partial charge on any atom is 0.423 e. The fourth-order valence-corrected chi connectivity index (χ4v) is 6.75. The molecule has 3 aromatic rings. The summed E-state index contributed by atoms with van der Waals surface area (Å²) in [6.07, 6.45) is -7.07. The lowest BCUT2D eigenvalue weighted by atomic mass is 9.92. The predicted octanol–water partition coefficient (Wildman–Crippen LogP) is 6.89. The summed E-state index contributed by atoms with van der Waals surface area (Å²) in [5.74, 6) is -0.146. The smallest absolute Gasteiger partial charge is 0.382 e. The normalized spacial score (nSPS) is 20.7. The van der Waals surface area contributed by atoms with Crippen LogP contribution in [-0.4, -0.2) is 70.5 Å². The minimum Gasteiger partial charge on any atom is -0.382 e. The summed E-state index contributed by atoms with van der Waals surface area (Å²) >= 11 is 1.36. The van der Waals surface area contributed by atoms with Crippen LogP contribution in [0, 0.1) is 10.1 Å². The van der Waals surface area contributed by atoms with Gasteiger partial charge in [-0.2, -0.15) is 26.3 Å². The Morgan fingerprint density at radius 1 is 1.04 bits per heavy atom. The number of carbonyl (C=O) groups excluding carboxylic acids is 1. The van der Waals surface area contributed by atoms with Crippen molar-refractivity contribution in [3.8, 4) is 0 Å². The highest BCUT2D eigenvalue weighted by molar-refractivity contribution is 7.18. The number of hydrogen-bond donors (Lipinski definition) is 1. The second-order valence-electron chi connectivity index (χ2n) is 11.2. The fraction of sp³-hybridized carbons (Fsp3) is 0.517. The Hall–Kier alpha value is -3.50. The standard InChI is InChI=1S/C29H31F6N5O4S/c1-17(27-37-23-14-18(28(30,31)32)2-9-25(23)45-27)38-10-12-39(13-11-38)26(41)16-44-21-6-3-19(4-7-21)36-20-5-8-24(40(42)43)22(15-20)29(33,34)35/h2,5,8-9,14-15,17,19,21,36H,3-4,6-7,10-13,16H2,1H3. The lowest BCUT2D eigenvalue weighted by Crippen LogP contribution is -2.50. The average Bonchev–Trinajstić information content (AvgIpc) is 3.43. The number of benzene rings is 2. The third-order valence-electron chi connectivity index (χ3n) is 8.29. The third kappa shape index (κ3) is 7.84. The van der Waals surface area contributed by atoms with Gasteiger partial charge < -0.3 is 15.0 Å². The molecule has 5 rings (SSSR count). The maximum atomic E-state index is 13.3. The summed E-state index contributed by atoms with van der Waals surface area (Å²) in [6, 6.07) is 6.17. The first-order valence-corrected chi connectivity index (χ1v) is 15.2. The number of rotatable bonds is 8. The van der Waals surface area contributed by atoms with Crippen molar-refractivity contribution in [2.45, 2.75) is 63.1 Å².